The van der Waals surface area contributed by atoms with Gasteiger partial charge in [0.05, 0.1) is 37.2 Å². The van der Waals surface area contributed by atoms with Crippen molar-refractivity contribution in [2.24, 2.45) is 5.92 Å². The van der Waals surface area contributed by atoms with Crippen LogP contribution in [-0.2, 0) is 24.2 Å². The standard InChI is InChI=1S/C35H42BrClN4O4S/c1-24(20-25-8-10-31(44-3)35(34(25)37)45-17-14-40-15-18-46-19-16-40)7-12-33(42)38-23-28-29(41-13-5-4-6-32(41)39-28)22-26-21-27(36)9-11-30(26)43-2/h4-6,8-11,13,21,24H,7,12,14-20,22-23H2,1-3H3,(H,38,42). The van der Waals surface area contributed by atoms with Crippen molar-refractivity contribution < 1.29 is 19.0 Å². The van der Waals surface area contributed by atoms with Crippen molar-refractivity contribution in [3.05, 3.63) is 86.7 Å². The van der Waals surface area contributed by atoms with Crippen molar-refractivity contribution in [3.8, 4) is 17.2 Å². The molecule has 1 aliphatic heterocycles. The summed E-state index contributed by atoms with van der Waals surface area (Å²) in [6.45, 7) is 6.10. The van der Waals surface area contributed by atoms with Crippen molar-refractivity contribution in [2.45, 2.75) is 39.2 Å². The van der Waals surface area contributed by atoms with E-state index >= 15 is 0 Å². The molecular weight excluding hydrogens is 688 g/mol. The molecule has 0 spiro atoms. The van der Waals surface area contributed by atoms with Gasteiger partial charge in [-0.25, -0.2) is 4.98 Å². The topological polar surface area (TPSA) is 77.3 Å². The third kappa shape index (κ3) is 8.91. The predicted molar refractivity (Wildman–Crippen MR) is 190 cm³/mol. The molecule has 1 atom stereocenters. The van der Waals surface area contributed by atoms with Crippen LogP contribution < -0.4 is 19.5 Å². The first-order valence-corrected chi connectivity index (χ1v) is 18.0. The molecule has 1 N–H and O–H groups in total. The Morgan fingerprint density at radius 1 is 1.09 bits per heavy atom. The minimum absolute atomic E-state index is 0.00384. The van der Waals surface area contributed by atoms with Gasteiger partial charge in [0.2, 0.25) is 5.91 Å². The van der Waals surface area contributed by atoms with Crippen LogP contribution in [0, 0.1) is 5.92 Å². The number of hydrogen-bond donors (Lipinski definition) is 1. The maximum Gasteiger partial charge on any atom is 0.220 e. The maximum atomic E-state index is 13.0. The Morgan fingerprint density at radius 3 is 2.65 bits per heavy atom. The number of pyridine rings is 1. The van der Waals surface area contributed by atoms with Gasteiger partial charge in [-0.05, 0) is 60.7 Å². The van der Waals surface area contributed by atoms with Gasteiger partial charge >= 0.3 is 0 Å². The van der Waals surface area contributed by atoms with Gasteiger partial charge in [-0.1, -0.05) is 46.6 Å². The molecule has 1 amide bonds. The van der Waals surface area contributed by atoms with Gasteiger partial charge in [-0.15, -0.1) is 0 Å². The van der Waals surface area contributed by atoms with Gasteiger partial charge in [-0.2, -0.15) is 11.8 Å². The average molecular weight is 730 g/mol. The summed E-state index contributed by atoms with van der Waals surface area (Å²) in [5.41, 5.74) is 4.73. The van der Waals surface area contributed by atoms with Gasteiger partial charge in [0.15, 0.2) is 11.5 Å². The van der Waals surface area contributed by atoms with Crippen LogP contribution in [0.5, 0.6) is 17.2 Å². The summed E-state index contributed by atoms with van der Waals surface area (Å²) in [6.07, 6.45) is 4.49. The van der Waals surface area contributed by atoms with Gasteiger partial charge in [0, 0.05) is 60.2 Å². The Balaban J connectivity index is 1.17. The molecule has 0 radical (unpaired) electrons. The first kappa shape index (κ1) is 34.4. The third-order valence-corrected chi connectivity index (χ3v) is 10.2. The summed E-state index contributed by atoms with van der Waals surface area (Å²) in [5, 5.41) is 3.70. The van der Waals surface area contributed by atoms with Crippen LogP contribution >= 0.6 is 39.3 Å². The number of carbonyl (C=O) groups excluding carboxylic acids is 1. The SMILES string of the molecule is COc1ccc(Br)cc1Cc1c(CNC(=O)CCC(C)Cc2ccc(OC)c(OCCN3CCSCC3)c2Cl)nc2ccccn12. The smallest absolute Gasteiger partial charge is 0.220 e. The number of amides is 1. The van der Waals surface area contributed by atoms with Crippen molar-refractivity contribution >= 4 is 50.8 Å². The Hall–Kier alpha value is -2.92. The summed E-state index contributed by atoms with van der Waals surface area (Å²) >= 11 is 12.4. The van der Waals surface area contributed by atoms with Crippen LogP contribution in [-0.4, -0.2) is 72.2 Å². The highest BCUT2D eigenvalue weighted by molar-refractivity contribution is 9.10. The highest BCUT2D eigenvalue weighted by Gasteiger charge is 2.19. The van der Waals surface area contributed by atoms with Crippen molar-refractivity contribution in [1.82, 2.24) is 19.6 Å². The Bertz CT molecular complexity index is 1630. The first-order valence-electron chi connectivity index (χ1n) is 15.7. The lowest BCUT2D eigenvalue weighted by molar-refractivity contribution is -0.121. The van der Waals surface area contributed by atoms with Crippen LogP contribution in [0.15, 0.2) is 59.2 Å². The summed E-state index contributed by atoms with van der Waals surface area (Å²) in [6, 6.07) is 15.8. The zero-order valence-electron chi connectivity index (χ0n) is 26.7. The number of aromatic nitrogens is 2. The summed E-state index contributed by atoms with van der Waals surface area (Å²) in [7, 11) is 3.31. The zero-order valence-corrected chi connectivity index (χ0v) is 29.8. The predicted octanol–water partition coefficient (Wildman–Crippen LogP) is 7.06. The molecule has 0 bridgehead atoms. The van der Waals surface area contributed by atoms with E-state index in [0.717, 1.165) is 70.9 Å². The molecule has 5 rings (SSSR count). The molecule has 46 heavy (non-hydrogen) atoms. The lowest BCUT2D eigenvalue weighted by atomic mass is 9.96. The second-order valence-electron chi connectivity index (χ2n) is 11.6. The van der Waals surface area contributed by atoms with E-state index in [4.69, 9.17) is 30.8 Å². The molecule has 2 aromatic carbocycles. The lowest BCUT2D eigenvalue weighted by Gasteiger charge is -2.26. The Morgan fingerprint density at radius 2 is 1.87 bits per heavy atom. The number of carbonyl (C=O) groups is 1. The number of hydrogen-bond acceptors (Lipinski definition) is 7. The van der Waals surface area contributed by atoms with Crippen LogP contribution in [0.1, 0.15) is 42.3 Å². The molecule has 3 heterocycles. The Labute approximate surface area is 289 Å². The maximum absolute atomic E-state index is 13.0. The van der Waals surface area contributed by atoms with Gasteiger partial charge < -0.3 is 23.9 Å². The fourth-order valence-corrected chi connectivity index (χ4v) is 7.42. The van der Waals surface area contributed by atoms with E-state index in [9.17, 15) is 4.79 Å². The van der Waals surface area contributed by atoms with E-state index in [1.807, 2.05) is 60.4 Å². The number of nitrogens with zero attached hydrogens (tertiary/aromatic N) is 3. The number of halogens is 2. The van der Waals surface area contributed by atoms with E-state index in [-0.39, 0.29) is 11.8 Å². The molecule has 0 aliphatic carbocycles. The number of fused-ring (bicyclic) bond motifs is 1. The molecular formula is C35H42BrClN4O4S. The highest BCUT2D eigenvalue weighted by Crippen LogP contribution is 2.39. The van der Waals surface area contributed by atoms with Gasteiger partial charge in [-0.3, -0.25) is 9.69 Å². The number of imidazole rings is 1. The van der Waals surface area contributed by atoms with Gasteiger partial charge in [0.25, 0.3) is 0 Å². The van der Waals surface area contributed by atoms with E-state index in [0.29, 0.717) is 42.5 Å². The quantitative estimate of drug-likeness (QED) is 0.141. The molecule has 1 fully saturated rings. The molecule has 11 heteroatoms. The van der Waals surface area contributed by atoms with Crippen LogP contribution in [0.4, 0.5) is 0 Å². The number of thioether (sulfide) groups is 1. The third-order valence-electron chi connectivity index (χ3n) is 8.32. The fraction of sp³-hybridized carbons (Fsp3) is 0.429. The molecule has 246 valence electrons. The van der Waals surface area contributed by atoms with E-state index in [1.54, 1.807) is 14.2 Å². The first-order chi connectivity index (χ1) is 22.4. The van der Waals surface area contributed by atoms with Crippen molar-refractivity contribution in [3.63, 3.8) is 0 Å². The van der Waals surface area contributed by atoms with Crippen LogP contribution in [0.3, 0.4) is 0 Å². The molecule has 2 aromatic heterocycles. The normalized spacial score (nSPS) is 14.3. The number of ether oxygens (including phenoxy) is 3. The minimum Gasteiger partial charge on any atom is -0.496 e. The minimum atomic E-state index is -0.00384. The van der Waals surface area contributed by atoms with Crippen LogP contribution in [0.2, 0.25) is 5.02 Å². The molecule has 4 aromatic rings. The van der Waals surface area contributed by atoms with E-state index in [2.05, 4.69) is 43.5 Å². The number of nitrogens with one attached hydrogen (secondary N) is 1. The summed E-state index contributed by atoms with van der Waals surface area (Å²) in [5.74, 6) is 4.62. The van der Waals surface area contributed by atoms with E-state index < -0.39 is 0 Å². The molecule has 0 saturated carbocycles. The molecule has 8 nitrogen and oxygen atoms in total. The Kier molecular flexibility index (Phi) is 12.5. The largest absolute Gasteiger partial charge is 0.496 e. The van der Waals surface area contributed by atoms with E-state index in [1.165, 1.54) is 11.5 Å². The van der Waals surface area contributed by atoms with Crippen molar-refractivity contribution in [2.75, 3.05) is 52.0 Å². The second-order valence-corrected chi connectivity index (χ2v) is 14.1. The second kappa shape index (κ2) is 16.8. The summed E-state index contributed by atoms with van der Waals surface area (Å²) < 4.78 is 20.4. The van der Waals surface area contributed by atoms with Crippen molar-refractivity contribution in [1.29, 1.82) is 0 Å². The number of benzene rings is 2. The van der Waals surface area contributed by atoms with Gasteiger partial charge in [0.1, 0.15) is 18.0 Å². The number of methoxy groups -OCH3 is 2. The molecule has 1 saturated heterocycles. The molecule has 1 unspecified atom stereocenters. The van der Waals surface area contributed by atoms with Crippen LogP contribution in [0.25, 0.3) is 5.65 Å². The number of rotatable bonds is 15. The zero-order chi connectivity index (χ0) is 32.5. The highest BCUT2D eigenvalue weighted by atomic mass is 79.9. The monoisotopic (exact) mass is 728 g/mol. The average Bonchev–Trinajstić information content (AvgIpc) is 3.42. The lowest BCUT2D eigenvalue weighted by Crippen LogP contribution is -2.35. The summed E-state index contributed by atoms with van der Waals surface area (Å²) in [4.78, 5) is 20.3. The fourth-order valence-electron chi connectivity index (χ4n) is 5.75. The molecule has 1 aliphatic rings.